The molecule has 1 atom stereocenters. The molecule has 128 valence electrons. The van der Waals surface area contributed by atoms with Gasteiger partial charge in [0.25, 0.3) is 0 Å². The molecule has 2 heterocycles. The van der Waals surface area contributed by atoms with Crippen LogP contribution < -0.4 is 4.90 Å². The highest BCUT2D eigenvalue weighted by molar-refractivity contribution is 6.30. The maximum absolute atomic E-state index is 14.6. The van der Waals surface area contributed by atoms with Crippen molar-refractivity contribution in [2.45, 2.75) is 32.9 Å². The van der Waals surface area contributed by atoms with E-state index < -0.39 is 0 Å². The second-order valence-corrected chi connectivity index (χ2v) is 6.78. The van der Waals surface area contributed by atoms with Gasteiger partial charge in [-0.15, -0.1) is 0 Å². The minimum atomic E-state index is -0.214. The zero-order valence-corrected chi connectivity index (χ0v) is 15.0. The molecule has 0 saturated carbocycles. The van der Waals surface area contributed by atoms with E-state index in [0.717, 1.165) is 29.2 Å². The van der Waals surface area contributed by atoms with Crippen LogP contribution in [0, 0.1) is 12.7 Å². The van der Waals surface area contributed by atoms with Gasteiger partial charge in [-0.1, -0.05) is 30.7 Å². The lowest BCUT2D eigenvalue weighted by Gasteiger charge is -2.31. The van der Waals surface area contributed by atoms with Gasteiger partial charge in [-0.05, 0) is 49.2 Å². The van der Waals surface area contributed by atoms with E-state index in [1.165, 1.54) is 6.07 Å². The lowest BCUT2D eigenvalue weighted by atomic mass is 10.1. The first-order chi connectivity index (χ1) is 12.1. The molecule has 0 bridgehead atoms. The lowest BCUT2D eigenvalue weighted by molar-refractivity contribution is 0.560. The number of imidazole rings is 1. The Morgan fingerprint density at radius 2 is 2.00 bits per heavy atom. The van der Waals surface area contributed by atoms with Crippen molar-refractivity contribution in [3.63, 3.8) is 0 Å². The summed E-state index contributed by atoms with van der Waals surface area (Å²) in [6.07, 6.45) is 2.75. The number of anilines is 1. The van der Waals surface area contributed by atoms with Crippen molar-refractivity contribution in [3.8, 4) is 5.69 Å². The first-order valence-corrected chi connectivity index (χ1v) is 8.82. The summed E-state index contributed by atoms with van der Waals surface area (Å²) in [5.74, 6) is 0.710. The fourth-order valence-corrected chi connectivity index (χ4v) is 3.92. The minimum Gasteiger partial charge on any atom is -0.356 e. The summed E-state index contributed by atoms with van der Waals surface area (Å²) in [6.45, 7) is 4.71. The van der Waals surface area contributed by atoms with Gasteiger partial charge in [-0.2, -0.15) is 0 Å². The molecule has 4 rings (SSSR count). The van der Waals surface area contributed by atoms with E-state index in [1.54, 1.807) is 6.07 Å². The Hall–Kier alpha value is -2.33. The van der Waals surface area contributed by atoms with Crippen molar-refractivity contribution in [3.05, 3.63) is 76.6 Å². The van der Waals surface area contributed by atoms with E-state index in [4.69, 9.17) is 11.6 Å². The standard InChI is InChI=1S/C20H19ClFN3/c1-3-17-20-11-23-13(2)25(20)18-9-8-15(21)10-14(18)12-24(17)19-7-5-4-6-16(19)22/h4-11,17H,3,12H2,1-2H3. The van der Waals surface area contributed by atoms with Crippen LogP contribution in [0.2, 0.25) is 5.02 Å². The molecule has 3 aromatic rings. The van der Waals surface area contributed by atoms with E-state index in [2.05, 4.69) is 21.4 Å². The van der Waals surface area contributed by atoms with Gasteiger partial charge in [-0.25, -0.2) is 9.37 Å². The van der Waals surface area contributed by atoms with E-state index >= 15 is 0 Å². The van der Waals surface area contributed by atoms with Crippen molar-refractivity contribution in [1.82, 2.24) is 9.55 Å². The number of aromatic nitrogens is 2. The summed E-state index contributed by atoms with van der Waals surface area (Å²) in [4.78, 5) is 6.64. The topological polar surface area (TPSA) is 21.1 Å². The van der Waals surface area contributed by atoms with E-state index in [-0.39, 0.29) is 11.9 Å². The zero-order valence-electron chi connectivity index (χ0n) is 14.2. The molecule has 5 heteroatoms. The summed E-state index contributed by atoms with van der Waals surface area (Å²) >= 11 is 6.25. The van der Waals surface area contributed by atoms with Crippen molar-refractivity contribution >= 4 is 17.3 Å². The van der Waals surface area contributed by atoms with Gasteiger partial charge in [0.2, 0.25) is 0 Å². The third-order valence-electron chi connectivity index (χ3n) is 4.85. The van der Waals surface area contributed by atoms with Crippen molar-refractivity contribution in [2.24, 2.45) is 0 Å². The molecular formula is C20H19ClFN3. The van der Waals surface area contributed by atoms with E-state index in [1.807, 2.05) is 43.5 Å². The maximum Gasteiger partial charge on any atom is 0.146 e. The van der Waals surface area contributed by atoms with Crippen LogP contribution in [-0.2, 0) is 6.54 Å². The summed E-state index contributed by atoms with van der Waals surface area (Å²) in [6, 6.07) is 12.8. The lowest BCUT2D eigenvalue weighted by Crippen LogP contribution is -2.28. The van der Waals surface area contributed by atoms with Crippen LogP contribution in [0.3, 0.4) is 0 Å². The van der Waals surface area contributed by atoms with Crippen LogP contribution in [0.4, 0.5) is 10.1 Å². The molecule has 1 unspecified atom stereocenters. The fraction of sp³-hybridized carbons (Fsp3) is 0.250. The van der Waals surface area contributed by atoms with Gasteiger partial charge in [-0.3, -0.25) is 4.57 Å². The maximum atomic E-state index is 14.6. The van der Waals surface area contributed by atoms with Crippen LogP contribution in [0.1, 0.15) is 36.5 Å². The Morgan fingerprint density at radius 3 is 2.76 bits per heavy atom. The zero-order chi connectivity index (χ0) is 17.6. The molecule has 3 nitrogen and oxygen atoms in total. The molecule has 2 aromatic carbocycles. The van der Waals surface area contributed by atoms with Crippen LogP contribution in [0.5, 0.6) is 0 Å². The molecule has 0 spiro atoms. The molecule has 0 N–H and O–H groups in total. The summed E-state index contributed by atoms with van der Waals surface area (Å²) in [5.41, 5.74) is 3.80. The Bertz CT molecular complexity index is 934. The Morgan fingerprint density at radius 1 is 1.20 bits per heavy atom. The molecular weight excluding hydrogens is 337 g/mol. The quantitative estimate of drug-likeness (QED) is 0.610. The molecule has 0 radical (unpaired) electrons. The van der Waals surface area contributed by atoms with Crippen molar-refractivity contribution in [2.75, 3.05) is 4.90 Å². The normalized spacial score (nSPS) is 16.3. The summed E-state index contributed by atoms with van der Waals surface area (Å²) in [5, 5.41) is 0.682. The van der Waals surface area contributed by atoms with Crippen molar-refractivity contribution in [1.29, 1.82) is 0 Å². The molecule has 0 fully saturated rings. The number of benzene rings is 2. The van der Waals surface area contributed by atoms with Gasteiger partial charge < -0.3 is 4.90 Å². The van der Waals surface area contributed by atoms with Gasteiger partial charge in [0.15, 0.2) is 0 Å². The minimum absolute atomic E-state index is 0.0317. The number of rotatable bonds is 2. The molecule has 1 aliphatic heterocycles. The Balaban J connectivity index is 1.98. The SMILES string of the molecule is CCC1c2cnc(C)n2-c2ccc(Cl)cc2CN1c1ccccc1F. The number of hydrogen-bond acceptors (Lipinski definition) is 2. The van der Waals surface area contributed by atoms with Gasteiger partial charge in [0.1, 0.15) is 11.6 Å². The van der Waals surface area contributed by atoms with Crippen molar-refractivity contribution < 1.29 is 4.39 Å². The third kappa shape index (κ3) is 2.61. The third-order valence-corrected chi connectivity index (χ3v) is 5.09. The number of halogens is 2. The number of para-hydroxylation sites is 1. The smallest absolute Gasteiger partial charge is 0.146 e. The predicted octanol–water partition coefficient (Wildman–Crippen LogP) is 5.44. The number of nitrogens with zero attached hydrogens (tertiary/aromatic N) is 3. The second-order valence-electron chi connectivity index (χ2n) is 6.34. The first kappa shape index (κ1) is 16.2. The molecule has 0 saturated heterocycles. The number of aryl methyl sites for hydroxylation is 1. The highest BCUT2D eigenvalue weighted by atomic mass is 35.5. The number of hydrogen-bond donors (Lipinski definition) is 0. The molecule has 25 heavy (non-hydrogen) atoms. The molecule has 1 aliphatic rings. The highest BCUT2D eigenvalue weighted by Crippen LogP contribution is 2.39. The average Bonchev–Trinajstić information content (AvgIpc) is 2.90. The summed E-state index contributed by atoms with van der Waals surface area (Å²) < 4.78 is 16.7. The first-order valence-electron chi connectivity index (χ1n) is 8.44. The number of fused-ring (bicyclic) bond motifs is 3. The molecule has 0 amide bonds. The Kier molecular flexibility index (Phi) is 4.00. The predicted molar refractivity (Wildman–Crippen MR) is 98.9 cm³/mol. The Labute approximate surface area is 151 Å². The van der Waals surface area contributed by atoms with Crippen LogP contribution in [-0.4, -0.2) is 9.55 Å². The van der Waals surface area contributed by atoms with E-state index in [9.17, 15) is 4.39 Å². The largest absolute Gasteiger partial charge is 0.356 e. The van der Waals surface area contributed by atoms with Crippen LogP contribution >= 0.6 is 11.6 Å². The average molecular weight is 356 g/mol. The highest BCUT2D eigenvalue weighted by Gasteiger charge is 2.30. The fourth-order valence-electron chi connectivity index (χ4n) is 3.73. The van der Waals surface area contributed by atoms with Crippen LogP contribution in [0.15, 0.2) is 48.7 Å². The van der Waals surface area contributed by atoms with Crippen LogP contribution in [0.25, 0.3) is 5.69 Å². The molecule has 1 aromatic heterocycles. The monoisotopic (exact) mass is 355 g/mol. The second kappa shape index (κ2) is 6.19. The van der Waals surface area contributed by atoms with Gasteiger partial charge in [0, 0.05) is 11.6 Å². The van der Waals surface area contributed by atoms with Gasteiger partial charge >= 0.3 is 0 Å². The molecule has 0 aliphatic carbocycles. The van der Waals surface area contributed by atoms with E-state index in [0.29, 0.717) is 17.3 Å². The van der Waals surface area contributed by atoms with Gasteiger partial charge in [0.05, 0.1) is 29.3 Å². The summed E-state index contributed by atoms with van der Waals surface area (Å²) in [7, 11) is 0.